The van der Waals surface area contributed by atoms with Crippen LogP contribution in [0.3, 0.4) is 0 Å². The number of nitrogens with zero attached hydrogens (tertiary/aromatic N) is 3. The molecule has 1 fully saturated rings. The first-order chi connectivity index (χ1) is 17.4. The SMILES string of the molecule is Cc1c(Nc2cc[nH]c(=O)c2C(=O)Nc2ccc(N3CCN(C)CC3=O)cc2)cnc2c1NCCO2. The van der Waals surface area contributed by atoms with Gasteiger partial charge in [-0.2, -0.15) is 0 Å². The molecule has 2 aliphatic rings. The molecule has 4 N–H and O–H groups in total. The highest BCUT2D eigenvalue weighted by Crippen LogP contribution is 2.34. The van der Waals surface area contributed by atoms with Crippen molar-refractivity contribution in [2.24, 2.45) is 0 Å². The molecule has 11 nitrogen and oxygen atoms in total. The minimum Gasteiger partial charge on any atom is -0.474 e. The number of carbonyl (C=O) groups is 2. The summed E-state index contributed by atoms with van der Waals surface area (Å²) in [6.07, 6.45) is 3.09. The number of likely N-dealkylation sites (N-methyl/N-ethyl adjacent to an activating group) is 1. The lowest BCUT2D eigenvalue weighted by molar-refractivity contribution is -0.120. The fourth-order valence-electron chi connectivity index (χ4n) is 4.28. The van der Waals surface area contributed by atoms with Crippen LogP contribution < -0.4 is 31.1 Å². The van der Waals surface area contributed by atoms with Crippen LogP contribution in [0.1, 0.15) is 15.9 Å². The van der Waals surface area contributed by atoms with Crippen molar-refractivity contribution in [2.45, 2.75) is 6.92 Å². The van der Waals surface area contributed by atoms with E-state index in [-0.39, 0.29) is 11.5 Å². The fourth-order valence-corrected chi connectivity index (χ4v) is 4.28. The van der Waals surface area contributed by atoms with E-state index in [4.69, 9.17) is 4.74 Å². The van der Waals surface area contributed by atoms with Gasteiger partial charge in [0.15, 0.2) is 0 Å². The second-order valence-corrected chi connectivity index (χ2v) is 8.76. The van der Waals surface area contributed by atoms with E-state index in [1.165, 1.54) is 6.20 Å². The maximum atomic E-state index is 13.1. The Labute approximate surface area is 207 Å². The number of anilines is 5. The number of rotatable bonds is 5. The normalized spacial score (nSPS) is 15.5. The molecule has 0 unspecified atom stereocenters. The van der Waals surface area contributed by atoms with Crippen molar-refractivity contribution in [1.82, 2.24) is 14.9 Å². The zero-order valence-electron chi connectivity index (χ0n) is 20.1. The summed E-state index contributed by atoms with van der Waals surface area (Å²) < 4.78 is 5.57. The van der Waals surface area contributed by atoms with Crippen LogP contribution >= 0.6 is 0 Å². The van der Waals surface area contributed by atoms with Crippen LogP contribution in [0.5, 0.6) is 5.88 Å². The number of benzene rings is 1. The molecule has 1 aromatic carbocycles. The van der Waals surface area contributed by atoms with Crippen molar-refractivity contribution in [2.75, 3.05) is 60.7 Å². The van der Waals surface area contributed by atoms with Crippen LogP contribution in [0, 0.1) is 6.92 Å². The number of hydrogen-bond donors (Lipinski definition) is 4. The number of fused-ring (bicyclic) bond motifs is 1. The van der Waals surface area contributed by atoms with Crippen LogP contribution in [0.25, 0.3) is 0 Å². The van der Waals surface area contributed by atoms with Gasteiger partial charge in [-0.05, 0) is 44.3 Å². The van der Waals surface area contributed by atoms with Crippen molar-refractivity contribution in [3.8, 4) is 5.88 Å². The Morgan fingerprint density at radius 1 is 1.11 bits per heavy atom. The molecule has 0 atom stereocenters. The van der Waals surface area contributed by atoms with Gasteiger partial charge >= 0.3 is 0 Å². The van der Waals surface area contributed by atoms with Gasteiger partial charge < -0.3 is 30.6 Å². The molecule has 186 valence electrons. The summed E-state index contributed by atoms with van der Waals surface area (Å²) in [5.74, 6) is -0.0107. The molecule has 0 saturated carbocycles. The third-order valence-electron chi connectivity index (χ3n) is 6.25. The number of carbonyl (C=O) groups excluding carboxylic acids is 2. The van der Waals surface area contributed by atoms with E-state index >= 15 is 0 Å². The molecule has 1 saturated heterocycles. The molecule has 5 rings (SSSR count). The zero-order valence-corrected chi connectivity index (χ0v) is 20.1. The van der Waals surface area contributed by atoms with Gasteiger partial charge in [-0.1, -0.05) is 0 Å². The van der Waals surface area contributed by atoms with Gasteiger partial charge in [0.1, 0.15) is 17.9 Å². The van der Waals surface area contributed by atoms with E-state index < -0.39 is 11.5 Å². The smallest absolute Gasteiger partial charge is 0.263 e. The van der Waals surface area contributed by atoms with E-state index in [0.29, 0.717) is 49.2 Å². The van der Waals surface area contributed by atoms with Crippen molar-refractivity contribution < 1.29 is 14.3 Å². The number of aromatic nitrogens is 2. The Morgan fingerprint density at radius 2 is 1.92 bits per heavy atom. The first kappa shape index (κ1) is 23.4. The Morgan fingerprint density at radius 3 is 2.69 bits per heavy atom. The Hall–Kier alpha value is -4.38. The van der Waals surface area contributed by atoms with Gasteiger partial charge in [0.25, 0.3) is 11.5 Å². The fraction of sp³-hybridized carbons (Fsp3) is 0.280. The number of amides is 2. The van der Waals surface area contributed by atoms with E-state index in [2.05, 4.69) is 25.9 Å². The van der Waals surface area contributed by atoms with E-state index in [1.807, 2.05) is 18.9 Å². The number of nitrogens with one attached hydrogen (secondary N) is 4. The standard InChI is InChI=1S/C25H27N7O4/c1-15-19(13-28-25-22(15)26-9-12-36-25)30-18-7-8-27-23(34)21(18)24(35)29-16-3-5-17(6-4-16)32-11-10-31(2)14-20(32)33/h3-8,13,26H,9-12,14H2,1-2H3,(H,29,35)(H2,27,30,34). The van der Waals surface area contributed by atoms with Gasteiger partial charge in [-0.3, -0.25) is 19.3 Å². The van der Waals surface area contributed by atoms with E-state index in [9.17, 15) is 14.4 Å². The van der Waals surface area contributed by atoms with Crippen molar-refractivity contribution in [3.05, 3.63) is 64.2 Å². The average Bonchev–Trinajstić information content (AvgIpc) is 2.86. The molecule has 0 radical (unpaired) electrons. The average molecular weight is 490 g/mol. The summed E-state index contributed by atoms with van der Waals surface area (Å²) >= 11 is 0. The largest absolute Gasteiger partial charge is 0.474 e. The summed E-state index contributed by atoms with van der Waals surface area (Å²) in [7, 11) is 1.91. The van der Waals surface area contributed by atoms with E-state index in [1.54, 1.807) is 41.4 Å². The molecular formula is C25H27N7O4. The first-order valence-electron chi connectivity index (χ1n) is 11.7. The van der Waals surface area contributed by atoms with E-state index in [0.717, 1.165) is 23.5 Å². The highest BCUT2D eigenvalue weighted by Gasteiger charge is 2.23. The number of H-pyrrole nitrogens is 1. The monoisotopic (exact) mass is 489 g/mol. The predicted octanol–water partition coefficient (Wildman–Crippen LogP) is 2.16. The molecule has 0 aliphatic carbocycles. The zero-order chi connectivity index (χ0) is 25.2. The van der Waals surface area contributed by atoms with Gasteiger partial charge in [-0.15, -0.1) is 0 Å². The topological polar surface area (TPSA) is 132 Å². The van der Waals surface area contributed by atoms with Gasteiger partial charge in [0.2, 0.25) is 11.8 Å². The number of ether oxygens (including phenoxy) is 1. The second-order valence-electron chi connectivity index (χ2n) is 8.76. The lowest BCUT2D eigenvalue weighted by Gasteiger charge is -2.32. The van der Waals surface area contributed by atoms with Crippen LogP contribution in [0.15, 0.2) is 47.5 Å². The molecule has 36 heavy (non-hydrogen) atoms. The minimum absolute atomic E-state index is 0.0285. The Bertz CT molecular complexity index is 1370. The van der Waals surface area contributed by atoms with Gasteiger partial charge in [-0.25, -0.2) is 4.98 Å². The first-order valence-corrected chi connectivity index (χ1v) is 11.7. The molecule has 3 aromatic rings. The van der Waals surface area contributed by atoms with Gasteiger partial charge in [0, 0.05) is 42.8 Å². The Balaban J connectivity index is 1.35. The van der Waals surface area contributed by atoms with Crippen molar-refractivity contribution in [3.63, 3.8) is 0 Å². The van der Waals surface area contributed by atoms with Crippen LogP contribution in [-0.2, 0) is 4.79 Å². The molecular weight excluding hydrogens is 462 g/mol. The van der Waals surface area contributed by atoms with Gasteiger partial charge in [0.05, 0.1) is 24.1 Å². The summed E-state index contributed by atoms with van der Waals surface area (Å²) in [6.45, 7) is 4.88. The van der Waals surface area contributed by atoms with Crippen molar-refractivity contribution >= 4 is 40.3 Å². The van der Waals surface area contributed by atoms with Crippen LogP contribution in [0.2, 0.25) is 0 Å². The molecule has 11 heteroatoms. The van der Waals surface area contributed by atoms with Crippen LogP contribution in [-0.4, -0.2) is 66.5 Å². The van der Waals surface area contributed by atoms with Crippen molar-refractivity contribution in [1.29, 1.82) is 0 Å². The summed E-state index contributed by atoms with van der Waals surface area (Å²) in [4.78, 5) is 48.7. The summed E-state index contributed by atoms with van der Waals surface area (Å²) in [5.41, 5.74) is 3.32. The maximum Gasteiger partial charge on any atom is 0.263 e. The maximum absolute atomic E-state index is 13.1. The molecule has 0 bridgehead atoms. The molecule has 2 aromatic heterocycles. The molecule has 2 amide bonds. The van der Waals surface area contributed by atoms with Crippen LogP contribution in [0.4, 0.5) is 28.4 Å². The summed E-state index contributed by atoms with van der Waals surface area (Å²) in [5, 5.41) is 9.22. The second kappa shape index (κ2) is 9.70. The third-order valence-corrected chi connectivity index (χ3v) is 6.25. The third kappa shape index (κ3) is 4.60. The molecule has 4 heterocycles. The quantitative estimate of drug-likeness (QED) is 0.429. The number of aromatic amines is 1. The lowest BCUT2D eigenvalue weighted by Crippen LogP contribution is -2.48. The summed E-state index contributed by atoms with van der Waals surface area (Å²) in [6, 6.07) is 8.62. The highest BCUT2D eigenvalue weighted by atomic mass is 16.5. The molecule has 0 spiro atoms. The highest BCUT2D eigenvalue weighted by molar-refractivity contribution is 6.08. The number of pyridine rings is 2. The minimum atomic E-state index is -0.562. The lowest BCUT2D eigenvalue weighted by atomic mass is 10.1. The molecule has 2 aliphatic heterocycles. The number of piperazine rings is 1. The number of hydrogen-bond acceptors (Lipinski definition) is 8. The predicted molar refractivity (Wildman–Crippen MR) is 138 cm³/mol. The Kier molecular flexibility index (Phi) is 6.30.